The topological polar surface area (TPSA) is 80.2 Å². The van der Waals surface area contributed by atoms with Crippen LogP contribution in [0.3, 0.4) is 0 Å². The van der Waals surface area contributed by atoms with Crippen LogP contribution in [0, 0.1) is 0 Å². The number of amides is 2. The third-order valence-electron chi connectivity index (χ3n) is 4.02. The Morgan fingerprint density at radius 3 is 2.40 bits per heavy atom. The van der Waals surface area contributed by atoms with E-state index in [0.29, 0.717) is 16.2 Å². The van der Waals surface area contributed by atoms with Gasteiger partial charge in [-0.2, -0.15) is 4.90 Å². The number of hydrogen-bond acceptors (Lipinski definition) is 3. The number of halogens is 1. The van der Waals surface area contributed by atoms with Gasteiger partial charge in [-0.25, -0.2) is 4.98 Å². The summed E-state index contributed by atoms with van der Waals surface area (Å²) < 4.78 is 0. The summed E-state index contributed by atoms with van der Waals surface area (Å²) in [6.45, 7) is 4.73. The molecule has 0 atom stereocenters. The van der Waals surface area contributed by atoms with Gasteiger partial charge in [0.25, 0.3) is 11.8 Å². The normalized spacial score (nSPS) is 10.9. The van der Waals surface area contributed by atoms with Crippen molar-refractivity contribution in [1.29, 1.82) is 0 Å². The molecule has 7 heteroatoms. The van der Waals surface area contributed by atoms with Crippen molar-refractivity contribution < 1.29 is 14.6 Å². The van der Waals surface area contributed by atoms with Gasteiger partial charge < -0.3 is 4.98 Å². The second-order valence-electron chi connectivity index (χ2n) is 5.69. The Morgan fingerprint density at radius 2 is 1.84 bits per heavy atom. The summed E-state index contributed by atoms with van der Waals surface area (Å²) in [5.41, 5.74) is 3.34. The van der Waals surface area contributed by atoms with E-state index in [1.165, 1.54) is 20.2 Å². The summed E-state index contributed by atoms with van der Waals surface area (Å²) in [4.78, 5) is 35.9. The van der Waals surface area contributed by atoms with Crippen LogP contribution in [0.15, 0.2) is 30.6 Å². The molecule has 0 saturated carbocycles. The van der Waals surface area contributed by atoms with Crippen molar-refractivity contribution in [3.63, 3.8) is 0 Å². The molecule has 3 aromatic rings. The molecular formula is C18H18ClN4O2+. The highest BCUT2D eigenvalue weighted by atomic mass is 35.5. The number of rotatable bonds is 3. The van der Waals surface area contributed by atoms with Gasteiger partial charge in [0.15, 0.2) is 5.52 Å². The number of nitrogens with one attached hydrogen (secondary N) is 2. The SMILES string of the molecule is CCc1[nH]c(-c2ccc(Cl)cc2)c2c(N(C(C)=O)C(C)=O)[nH+]cnc12. The molecule has 25 heavy (non-hydrogen) atoms. The maximum absolute atomic E-state index is 12.0. The van der Waals surface area contributed by atoms with Crippen LogP contribution in [0.25, 0.3) is 22.2 Å². The maximum atomic E-state index is 12.0. The summed E-state index contributed by atoms with van der Waals surface area (Å²) in [6.07, 6.45) is 2.23. The molecule has 1 aromatic carbocycles. The Bertz CT molecular complexity index is 949. The lowest BCUT2D eigenvalue weighted by molar-refractivity contribution is -0.365. The predicted octanol–water partition coefficient (Wildman–Crippen LogP) is 3.16. The van der Waals surface area contributed by atoms with E-state index in [1.807, 2.05) is 19.1 Å². The molecule has 2 amide bonds. The van der Waals surface area contributed by atoms with Crippen LogP contribution in [0.4, 0.5) is 5.82 Å². The van der Waals surface area contributed by atoms with Crippen molar-refractivity contribution in [3.05, 3.63) is 41.3 Å². The van der Waals surface area contributed by atoms with Gasteiger partial charge in [-0.15, -0.1) is 4.98 Å². The molecule has 0 aliphatic heterocycles. The molecule has 128 valence electrons. The first-order valence-corrected chi connectivity index (χ1v) is 8.30. The number of carbonyl (C=O) groups is 2. The number of aromatic amines is 2. The second-order valence-corrected chi connectivity index (χ2v) is 6.12. The molecule has 2 heterocycles. The molecule has 0 aliphatic carbocycles. The number of H-pyrrole nitrogens is 2. The first kappa shape index (κ1) is 17.1. The molecule has 6 nitrogen and oxygen atoms in total. The van der Waals surface area contributed by atoms with Crippen LogP contribution >= 0.6 is 11.6 Å². The summed E-state index contributed by atoms with van der Waals surface area (Å²) >= 11 is 5.99. The van der Waals surface area contributed by atoms with Gasteiger partial charge in [0, 0.05) is 18.9 Å². The summed E-state index contributed by atoms with van der Waals surface area (Å²) in [7, 11) is 0. The van der Waals surface area contributed by atoms with Crippen molar-refractivity contribution in [2.75, 3.05) is 4.90 Å². The Kier molecular flexibility index (Phi) is 4.55. The van der Waals surface area contributed by atoms with E-state index < -0.39 is 0 Å². The van der Waals surface area contributed by atoms with E-state index in [1.54, 1.807) is 12.1 Å². The van der Waals surface area contributed by atoms with Crippen molar-refractivity contribution in [3.8, 4) is 11.3 Å². The van der Waals surface area contributed by atoms with E-state index in [9.17, 15) is 9.59 Å². The number of nitrogens with zero attached hydrogens (tertiary/aromatic N) is 2. The monoisotopic (exact) mass is 357 g/mol. The lowest BCUT2D eigenvalue weighted by Crippen LogP contribution is -2.37. The Balaban J connectivity index is 2.36. The quantitative estimate of drug-likeness (QED) is 0.781. The number of fused-ring (bicyclic) bond motifs is 1. The van der Waals surface area contributed by atoms with Gasteiger partial charge in [0.2, 0.25) is 12.1 Å². The standard InChI is InChI=1S/C18H17ClN4O2/c1-4-14-17-15(16(22-14)12-5-7-13(19)8-6-12)18(21-9-20-17)23(10(2)24)11(3)25/h5-9,22H,4H2,1-3H3/p+1. The molecule has 2 N–H and O–H groups in total. The summed E-state index contributed by atoms with van der Waals surface area (Å²) in [5.74, 6) is -0.319. The first-order valence-electron chi connectivity index (χ1n) is 7.92. The minimum atomic E-state index is -0.363. The second kappa shape index (κ2) is 6.64. The highest BCUT2D eigenvalue weighted by molar-refractivity contribution is 6.30. The Labute approximate surface area is 149 Å². The molecule has 0 saturated heterocycles. The molecule has 0 radical (unpaired) electrons. The first-order chi connectivity index (χ1) is 11.9. The van der Waals surface area contributed by atoms with Crippen molar-refractivity contribution in [2.24, 2.45) is 0 Å². The summed E-state index contributed by atoms with van der Waals surface area (Å²) in [5, 5.41) is 1.33. The molecule has 0 aliphatic rings. The highest BCUT2D eigenvalue weighted by Gasteiger charge is 2.30. The maximum Gasteiger partial charge on any atom is 0.286 e. The zero-order valence-corrected chi connectivity index (χ0v) is 14.9. The number of aryl methyl sites for hydroxylation is 1. The molecule has 0 unspecified atom stereocenters. The number of carbonyl (C=O) groups excluding carboxylic acids is 2. The van der Waals surface area contributed by atoms with E-state index in [4.69, 9.17) is 11.6 Å². The third-order valence-corrected chi connectivity index (χ3v) is 4.27. The van der Waals surface area contributed by atoms with Crippen LogP contribution in [0.5, 0.6) is 0 Å². The molecule has 0 bridgehead atoms. The molecule has 2 aromatic heterocycles. The van der Waals surface area contributed by atoms with Crippen LogP contribution in [-0.4, -0.2) is 21.8 Å². The fraction of sp³-hybridized carbons (Fsp3) is 0.222. The Hall–Kier alpha value is -2.73. The van der Waals surface area contributed by atoms with E-state index in [2.05, 4.69) is 15.0 Å². The number of hydrogen-bond donors (Lipinski definition) is 1. The van der Waals surface area contributed by atoms with Gasteiger partial charge in [-0.1, -0.05) is 30.7 Å². The van der Waals surface area contributed by atoms with E-state index in [0.717, 1.165) is 33.8 Å². The fourth-order valence-electron chi connectivity index (χ4n) is 2.95. The molecule has 3 rings (SSSR count). The third kappa shape index (κ3) is 3.00. The fourth-order valence-corrected chi connectivity index (χ4v) is 3.07. The van der Waals surface area contributed by atoms with Crippen molar-refractivity contribution in [1.82, 2.24) is 9.97 Å². The predicted molar refractivity (Wildman–Crippen MR) is 96.3 cm³/mol. The van der Waals surface area contributed by atoms with E-state index in [-0.39, 0.29) is 11.8 Å². The Morgan fingerprint density at radius 1 is 1.20 bits per heavy atom. The van der Waals surface area contributed by atoms with Crippen LogP contribution in [0.1, 0.15) is 26.5 Å². The van der Waals surface area contributed by atoms with Crippen LogP contribution < -0.4 is 9.88 Å². The molecule has 0 fully saturated rings. The van der Waals surface area contributed by atoms with Crippen LogP contribution in [-0.2, 0) is 16.0 Å². The largest absolute Gasteiger partial charge is 0.355 e. The number of aromatic nitrogens is 3. The van der Waals surface area contributed by atoms with Gasteiger partial charge in [-0.05, 0) is 24.1 Å². The van der Waals surface area contributed by atoms with E-state index >= 15 is 0 Å². The minimum Gasteiger partial charge on any atom is -0.355 e. The van der Waals surface area contributed by atoms with Gasteiger partial charge in [0.05, 0.1) is 11.4 Å². The average Bonchev–Trinajstić information content (AvgIpc) is 2.94. The number of benzene rings is 1. The van der Waals surface area contributed by atoms with Gasteiger partial charge >= 0.3 is 0 Å². The van der Waals surface area contributed by atoms with Crippen LogP contribution in [0.2, 0.25) is 5.02 Å². The zero-order valence-electron chi connectivity index (χ0n) is 14.2. The highest BCUT2D eigenvalue weighted by Crippen LogP contribution is 2.34. The van der Waals surface area contributed by atoms with Gasteiger partial charge in [-0.3, -0.25) is 9.59 Å². The zero-order chi connectivity index (χ0) is 18.1. The number of anilines is 1. The lowest BCUT2D eigenvalue weighted by atomic mass is 10.1. The number of imide groups is 1. The molecular weight excluding hydrogens is 340 g/mol. The average molecular weight is 358 g/mol. The summed E-state index contributed by atoms with van der Waals surface area (Å²) in [6, 6.07) is 7.36. The van der Waals surface area contributed by atoms with Crippen molar-refractivity contribution in [2.45, 2.75) is 27.2 Å². The minimum absolute atomic E-state index is 0.363. The van der Waals surface area contributed by atoms with Crippen molar-refractivity contribution >= 4 is 40.1 Å². The van der Waals surface area contributed by atoms with Gasteiger partial charge in [0.1, 0.15) is 5.39 Å². The lowest BCUT2D eigenvalue weighted by Gasteiger charge is -2.11. The smallest absolute Gasteiger partial charge is 0.286 e. The molecule has 0 spiro atoms.